The van der Waals surface area contributed by atoms with E-state index in [0.717, 1.165) is 24.6 Å². The van der Waals surface area contributed by atoms with Gasteiger partial charge in [-0.25, -0.2) is 8.78 Å². The quantitative estimate of drug-likeness (QED) is 0.846. The Morgan fingerprint density at radius 3 is 2.61 bits per heavy atom. The molecule has 0 aliphatic heterocycles. The minimum absolute atomic E-state index is 0.0887. The van der Waals surface area contributed by atoms with Crippen LogP contribution < -0.4 is 0 Å². The van der Waals surface area contributed by atoms with Crippen molar-refractivity contribution in [3.05, 3.63) is 35.4 Å². The van der Waals surface area contributed by atoms with Gasteiger partial charge in [-0.3, -0.25) is 0 Å². The maximum absolute atomic E-state index is 13.5. The second-order valence-electron chi connectivity index (χ2n) is 5.26. The van der Waals surface area contributed by atoms with Crippen molar-refractivity contribution in [2.75, 3.05) is 0 Å². The maximum atomic E-state index is 13.5. The Balaban J connectivity index is 1.90. The summed E-state index contributed by atoms with van der Waals surface area (Å²) in [6.45, 7) is 0. The third kappa shape index (κ3) is 3.52. The van der Waals surface area contributed by atoms with E-state index in [1.54, 1.807) is 0 Å². The van der Waals surface area contributed by atoms with Crippen LogP contribution in [0, 0.1) is 17.6 Å². The Kier molecular flexibility index (Phi) is 4.70. The maximum Gasteiger partial charge on any atom is 0.129 e. The molecule has 0 radical (unpaired) electrons. The molecule has 100 valence electrons. The molecule has 1 aromatic carbocycles. The van der Waals surface area contributed by atoms with Crippen molar-refractivity contribution in [1.82, 2.24) is 0 Å². The van der Waals surface area contributed by atoms with Gasteiger partial charge in [-0.2, -0.15) is 0 Å². The predicted octanol–water partition coefficient (Wildman–Crippen LogP) is 4.36. The highest BCUT2D eigenvalue weighted by molar-refractivity contribution is 5.20. The Morgan fingerprint density at radius 1 is 1.17 bits per heavy atom. The van der Waals surface area contributed by atoms with Crippen LogP contribution in [0.3, 0.4) is 0 Å². The van der Waals surface area contributed by atoms with E-state index in [-0.39, 0.29) is 5.56 Å². The van der Waals surface area contributed by atoms with Gasteiger partial charge >= 0.3 is 0 Å². The molecule has 1 aliphatic rings. The first-order valence-corrected chi connectivity index (χ1v) is 6.80. The second-order valence-corrected chi connectivity index (χ2v) is 5.26. The average molecular weight is 254 g/mol. The summed E-state index contributed by atoms with van der Waals surface area (Å²) in [4.78, 5) is 0. The van der Waals surface area contributed by atoms with Crippen molar-refractivity contribution in [3.8, 4) is 0 Å². The normalized spacial score (nSPS) is 18.8. The summed E-state index contributed by atoms with van der Waals surface area (Å²) in [5, 5.41) is 9.95. The fraction of sp³-hybridized carbons (Fsp3) is 0.600. The van der Waals surface area contributed by atoms with Crippen LogP contribution in [0.4, 0.5) is 8.78 Å². The number of halogens is 2. The molecule has 0 bridgehead atoms. The van der Waals surface area contributed by atoms with Crippen molar-refractivity contribution in [3.63, 3.8) is 0 Å². The summed E-state index contributed by atoms with van der Waals surface area (Å²) in [7, 11) is 0. The number of hydrogen-bond acceptors (Lipinski definition) is 1. The van der Waals surface area contributed by atoms with Crippen LogP contribution in [-0.2, 0) is 0 Å². The Hall–Kier alpha value is -0.960. The summed E-state index contributed by atoms with van der Waals surface area (Å²) >= 11 is 0. The predicted molar refractivity (Wildman–Crippen MR) is 67.1 cm³/mol. The van der Waals surface area contributed by atoms with Crippen LogP contribution in [0.1, 0.15) is 56.6 Å². The van der Waals surface area contributed by atoms with Crippen molar-refractivity contribution in [1.29, 1.82) is 0 Å². The molecule has 0 spiro atoms. The van der Waals surface area contributed by atoms with Gasteiger partial charge in [0.25, 0.3) is 0 Å². The topological polar surface area (TPSA) is 20.2 Å². The number of aliphatic hydroxyl groups is 1. The minimum Gasteiger partial charge on any atom is -0.388 e. The van der Waals surface area contributed by atoms with Gasteiger partial charge in [0.15, 0.2) is 0 Å². The smallest absolute Gasteiger partial charge is 0.129 e. The molecule has 1 aromatic rings. The summed E-state index contributed by atoms with van der Waals surface area (Å²) in [6, 6.07) is 3.25. The monoisotopic (exact) mass is 254 g/mol. The lowest BCUT2D eigenvalue weighted by molar-refractivity contribution is 0.147. The molecule has 0 saturated heterocycles. The molecule has 1 fully saturated rings. The second kappa shape index (κ2) is 6.28. The van der Waals surface area contributed by atoms with E-state index in [1.807, 2.05) is 0 Å². The lowest BCUT2D eigenvalue weighted by Gasteiger charge is -2.22. The first kappa shape index (κ1) is 13.5. The molecule has 18 heavy (non-hydrogen) atoms. The molecule has 1 unspecified atom stereocenters. The minimum atomic E-state index is -0.886. The number of aliphatic hydroxyl groups excluding tert-OH is 1. The zero-order valence-corrected chi connectivity index (χ0v) is 10.5. The molecular weight excluding hydrogens is 234 g/mol. The fourth-order valence-electron chi connectivity index (χ4n) is 2.79. The van der Waals surface area contributed by atoms with E-state index >= 15 is 0 Å². The molecule has 1 atom stereocenters. The standard InChI is InChI=1S/C15H20F2O/c16-12-7-8-14(17)13(10-12)15(18)9-6-11-4-2-1-3-5-11/h7-8,10-11,15,18H,1-6,9H2. The molecule has 2 rings (SSSR count). The molecule has 1 aliphatic carbocycles. The van der Waals surface area contributed by atoms with Crippen LogP contribution in [0.5, 0.6) is 0 Å². The van der Waals surface area contributed by atoms with Crippen LogP contribution in [0.15, 0.2) is 18.2 Å². The van der Waals surface area contributed by atoms with Crippen LogP contribution in [0.2, 0.25) is 0 Å². The van der Waals surface area contributed by atoms with Gasteiger partial charge in [0.05, 0.1) is 6.10 Å². The average Bonchev–Trinajstić information content (AvgIpc) is 2.40. The van der Waals surface area contributed by atoms with E-state index in [9.17, 15) is 13.9 Å². The van der Waals surface area contributed by atoms with Crippen LogP contribution >= 0.6 is 0 Å². The van der Waals surface area contributed by atoms with Gasteiger partial charge in [-0.1, -0.05) is 32.1 Å². The molecular formula is C15H20F2O. The largest absolute Gasteiger partial charge is 0.388 e. The van der Waals surface area contributed by atoms with Crippen LogP contribution in [-0.4, -0.2) is 5.11 Å². The Morgan fingerprint density at radius 2 is 1.89 bits per heavy atom. The molecule has 0 heterocycles. The van der Waals surface area contributed by atoms with Crippen molar-refractivity contribution < 1.29 is 13.9 Å². The van der Waals surface area contributed by atoms with E-state index in [4.69, 9.17) is 0 Å². The van der Waals surface area contributed by atoms with Gasteiger partial charge in [0.1, 0.15) is 11.6 Å². The lowest BCUT2D eigenvalue weighted by atomic mass is 9.85. The zero-order chi connectivity index (χ0) is 13.0. The van der Waals surface area contributed by atoms with E-state index in [1.165, 1.54) is 32.1 Å². The third-order valence-corrected chi connectivity index (χ3v) is 3.89. The summed E-state index contributed by atoms with van der Waals surface area (Å²) in [5.74, 6) is -0.374. The lowest BCUT2D eigenvalue weighted by Crippen LogP contribution is -2.09. The van der Waals surface area contributed by atoms with Crippen molar-refractivity contribution >= 4 is 0 Å². The Labute approximate surface area is 107 Å². The highest BCUT2D eigenvalue weighted by Gasteiger charge is 2.18. The third-order valence-electron chi connectivity index (χ3n) is 3.89. The highest BCUT2D eigenvalue weighted by atomic mass is 19.1. The van der Waals surface area contributed by atoms with E-state index in [2.05, 4.69) is 0 Å². The van der Waals surface area contributed by atoms with Gasteiger partial charge in [0.2, 0.25) is 0 Å². The number of hydrogen-bond donors (Lipinski definition) is 1. The van der Waals surface area contributed by atoms with Gasteiger partial charge in [-0.15, -0.1) is 0 Å². The van der Waals surface area contributed by atoms with Crippen molar-refractivity contribution in [2.45, 2.75) is 51.0 Å². The molecule has 1 saturated carbocycles. The van der Waals surface area contributed by atoms with Gasteiger partial charge < -0.3 is 5.11 Å². The number of benzene rings is 1. The van der Waals surface area contributed by atoms with Crippen LogP contribution in [0.25, 0.3) is 0 Å². The molecule has 0 amide bonds. The summed E-state index contributed by atoms with van der Waals surface area (Å²) in [5.41, 5.74) is 0.0887. The van der Waals surface area contributed by atoms with E-state index in [0.29, 0.717) is 12.3 Å². The van der Waals surface area contributed by atoms with E-state index < -0.39 is 17.7 Å². The summed E-state index contributed by atoms with van der Waals surface area (Å²) < 4.78 is 26.5. The van der Waals surface area contributed by atoms with Crippen molar-refractivity contribution in [2.24, 2.45) is 5.92 Å². The first-order chi connectivity index (χ1) is 8.66. The van der Waals surface area contributed by atoms with Gasteiger partial charge in [0, 0.05) is 5.56 Å². The van der Waals surface area contributed by atoms with Gasteiger partial charge in [-0.05, 0) is 37.0 Å². The summed E-state index contributed by atoms with van der Waals surface area (Å²) in [6.07, 6.45) is 6.77. The first-order valence-electron chi connectivity index (χ1n) is 6.80. The Bertz CT molecular complexity index is 386. The number of rotatable bonds is 4. The zero-order valence-electron chi connectivity index (χ0n) is 10.5. The fourth-order valence-corrected chi connectivity index (χ4v) is 2.79. The highest BCUT2D eigenvalue weighted by Crippen LogP contribution is 2.31. The SMILES string of the molecule is OC(CCC1CCCCC1)c1cc(F)ccc1F. The molecule has 1 nitrogen and oxygen atoms in total. The molecule has 0 aromatic heterocycles. The molecule has 3 heteroatoms. The molecule has 1 N–H and O–H groups in total.